The fourth-order valence-electron chi connectivity index (χ4n) is 1.17. The van der Waals surface area contributed by atoms with Crippen LogP contribution in [0.2, 0.25) is 0 Å². The normalized spacial score (nSPS) is 17.1. The highest BCUT2D eigenvalue weighted by Crippen LogP contribution is 2.33. The summed E-state index contributed by atoms with van der Waals surface area (Å²) < 4.78 is 0. The van der Waals surface area contributed by atoms with Gasteiger partial charge in [0.25, 0.3) is 0 Å². The molecule has 0 spiro atoms. The summed E-state index contributed by atoms with van der Waals surface area (Å²) in [6, 6.07) is 0. The second kappa shape index (κ2) is 3.44. The minimum atomic E-state index is -1.14. The number of carboxylic acids is 1. The molecule has 0 radical (unpaired) electrons. The van der Waals surface area contributed by atoms with Gasteiger partial charge in [0.05, 0.1) is 0 Å². The molecule has 0 rings (SSSR count). The highest BCUT2D eigenvalue weighted by molar-refractivity contribution is 5.79. The molecule has 0 aromatic rings. The smallest absolute Gasteiger partial charge is 0.323 e. The highest BCUT2D eigenvalue weighted by Gasteiger charge is 2.43. The number of carbonyl (C=O) groups is 1. The van der Waals surface area contributed by atoms with Gasteiger partial charge >= 0.3 is 5.97 Å². The second-order valence-corrected chi connectivity index (χ2v) is 4.14. The quantitative estimate of drug-likeness (QED) is 0.679. The minimum absolute atomic E-state index is 0.354. The van der Waals surface area contributed by atoms with Crippen LogP contribution in [0.5, 0.6) is 0 Å². The van der Waals surface area contributed by atoms with E-state index in [9.17, 15) is 4.79 Å². The lowest BCUT2D eigenvalue weighted by Crippen LogP contribution is -2.56. The third-order valence-electron chi connectivity index (χ3n) is 2.73. The second-order valence-electron chi connectivity index (χ2n) is 4.14. The summed E-state index contributed by atoms with van der Waals surface area (Å²) in [5.41, 5.74) is 4.23. The van der Waals surface area contributed by atoms with Gasteiger partial charge in [0.1, 0.15) is 5.54 Å². The third kappa shape index (κ3) is 1.97. The lowest BCUT2D eigenvalue weighted by molar-refractivity contribution is -0.147. The van der Waals surface area contributed by atoms with E-state index in [0.717, 1.165) is 12.8 Å². The molecule has 3 nitrogen and oxygen atoms in total. The molecule has 1 atom stereocenters. The van der Waals surface area contributed by atoms with E-state index in [0.29, 0.717) is 0 Å². The van der Waals surface area contributed by atoms with Gasteiger partial charge in [-0.05, 0) is 18.8 Å². The topological polar surface area (TPSA) is 63.3 Å². The Balaban J connectivity index is 4.62. The van der Waals surface area contributed by atoms with Gasteiger partial charge in [-0.2, -0.15) is 0 Å². The molecule has 0 aliphatic carbocycles. The van der Waals surface area contributed by atoms with Crippen molar-refractivity contribution in [2.75, 3.05) is 0 Å². The van der Waals surface area contributed by atoms with Crippen molar-refractivity contribution in [1.82, 2.24) is 0 Å². The molecule has 0 fully saturated rings. The molecule has 0 saturated heterocycles. The lowest BCUT2D eigenvalue weighted by Gasteiger charge is -2.37. The predicted molar refractivity (Wildman–Crippen MR) is 48.9 cm³/mol. The predicted octanol–water partition coefficient (Wildman–Crippen LogP) is 1.61. The summed E-state index contributed by atoms with van der Waals surface area (Å²) in [5.74, 6) is -0.930. The van der Waals surface area contributed by atoms with E-state index in [-0.39, 0.29) is 5.41 Å². The van der Waals surface area contributed by atoms with Gasteiger partial charge in [0.2, 0.25) is 0 Å². The minimum Gasteiger partial charge on any atom is -0.480 e. The summed E-state index contributed by atoms with van der Waals surface area (Å²) in [7, 11) is 0. The molecule has 0 aromatic heterocycles. The van der Waals surface area contributed by atoms with Gasteiger partial charge in [-0.25, -0.2) is 0 Å². The summed E-state index contributed by atoms with van der Waals surface area (Å²) in [6.07, 6.45) is 1.78. The van der Waals surface area contributed by atoms with E-state index in [2.05, 4.69) is 0 Å². The SMILES string of the molecule is CCCC(C)(C)C(C)(N)C(=O)O. The van der Waals surface area contributed by atoms with E-state index >= 15 is 0 Å². The molecule has 0 saturated carbocycles. The van der Waals surface area contributed by atoms with Crippen molar-refractivity contribution in [2.24, 2.45) is 11.1 Å². The van der Waals surface area contributed by atoms with Crippen molar-refractivity contribution in [3.63, 3.8) is 0 Å². The van der Waals surface area contributed by atoms with Crippen LogP contribution in [-0.2, 0) is 4.79 Å². The van der Waals surface area contributed by atoms with Crippen LogP contribution in [0.3, 0.4) is 0 Å². The maximum atomic E-state index is 10.8. The molecule has 0 aliphatic heterocycles. The molecule has 0 bridgehead atoms. The van der Waals surface area contributed by atoms with Gasteiger partial charge in [-0.3, -0.25) is 4.79 Å². The first-order valence-corrected chi connectivity index (χ1v) is 4.28. The van der Waals surface area contributed by atoms with Crippen LogP contribution in [0.25, 0.3) is 0 Å². The van der Waals surface area contributed by atoms with Crippen molar-refractivity contribution in [2.45, 2.75) is 46.1 Å². The maximum Gasteiger partial charge on any atom is 0.323 e. The molecule has 3 N–H and O–H groups in total. The van der Waals surface area contributed by atoms with E-state index in [1.165, 1.54) is 0 Å². The number of aliphatic carboxylic acids is 1. The Kier molecular flexibility index (Phi) is 3.27. The van der Waals surface area contributed by atoms with Crippen LogP contribution in [0, 0.1) is 5.41 Å². The summed E-state index contributed by atoms with van der Waals surface area (Å²) in [5, 5.41) is 8.88. The average molecular weight is 173 g/mol. The third-order valence-corrected chi connectivity index (χ3v) is 2.73. The first-order chi connectivity index (χ1) is 5.25. The lowest BCUT2D eigenvalue weighted by atomic mass is 9.71. The van der Waals surface area contributed by atoms with Crippen LogP contribution >= 0.6 is 0 Å². The number of carboxylic acid groups (broad SMARTS) is 1. The van der Waals surface area contributed by atoms with Crippen molar-refractivity contribution in [3.8, 4) is 0 Å². The van der Waals surface area contributed by atoms with Crippen LogP contribution in [0.4, 0.5) is 0 Å². The molecule has 72 valence electrons. The van der Waals surface area contributed by atoms with Gasteiger partial charge in [-0.1, -0.05) is 27.2 Å². The van der Waals surface area contributed by atoms with Crippen molar-refractivity contribution >= 4 is 5.97 Å². The highest BCUT2D eigenvalue weighted by atomic mass is 16.4. The van der Waals surface area contributed by atoms with Gasteiger partial charge in [0, 0.05) is 0 Å². The van der Waals surface area contributed by atoms with E-state index < -0.39 is 11.5 Å². The van der Waals surface area contributed by atoms with E-state index in [4.69, 9.17) is 10.8 Å². The van der Waals surface area contributed by atoms with Gasteiger partial charge in [-0.15, -0.1) is 0 Å². The Hall–Kier alpha value is -0.570. The Morgan fingerprint density at radius 1 is 1.42 bits per heavy atom. The number of nitrogens with two attached hydrogens (primary N) is 1. The van der Waals surface area contributed by atoms with Crippen LogP contribution < -0.4 is 5.73 Å². The van der Waals surface area contributed by atoms with Gasteiger partial charge < -0.3 is 10.8 Å². The summed E-state index contributed by atoms with van der Waals surface area (Å²) in [4.78, 5) is 10.8. The fraction of sp³-hybridized carbons (Fsp3) is 0.889. The first-order valence-electron chi connectivity index (χ1n) is 4.28. The summed E-state index contributed by atoms with van der Waals surface area (Å²) in [6.45, 7) is 7.39. The van der Waals surface area contributed by atoms with Crippen LogP contribution in [0.15, 0.2) is 0 Å². The number of rotatable bonds is 4. The van der Waals surface area contributed by atoms with Crippen LogP contribution in [0.1, 0.15) is 40.5 Å². The molecule has 12 heavy (non-hydrogen) atoms. The standard InChI is InChI=1S/C9H19NO2/c1-5-6-8(2,3)9(4,10)7(11)12/h5-6,10H2,1-4H3,(H,11,12). The van der Waals surface area contributed by atoms with Crippen molar-refractivity contribution in [1.29, 1.82) is 0 Å². The molecule has 0 aromatic carbocycles. The Morgan fingerprint density at radius 3 is 2.08 bits per heavy atom. The first kappa shape index (κ1) is 11.4. The fourth-order valence-corrected chi connectivity index (χ4v) is 1.17. The Labute approximate surface area is 74.0 Å². The average Bonchev–Trinajstić information content (AvgIpc) is 1.86. The van der Waals surface area contributed by atoms with E-state index in [1.54, 1.807) is 6.92 Å². The zero-order chi connectivity index (χ0) is 9.99. The zero-order valence-electron chi connectivity index (χ0n) is 8.35. The Morgan fingerprint density at radius 2 is 1.83 bits per heavy atom. The molecule has 0 aliphatic rings. The molecule has 0 heterocycles. The van der Waals surface area contributed by atoms with E-state index in [1.807, 2.05) is 20.8 Å². The van der Waals surface area contributed by atoms with Crippen molar-refractivity contribution in [3.05, 3.63) is 0 Å². The molecular weight excluding hydrogens is 154 g/mol. The van der Waals surface area contributed by atoms with Crippen LogP contribution in [-0.4, -0.2) is 16.6 Å². The monoisotopic (exact) mass is 173 g/mol. The number of hydrogen-bond acceptors (Lipinski definition) is 2. The van der Waals surface area contributed by atoms with Crippen molar-refractivity contribution < 1.29 is 9.90 Å². The molecule has 0 amide bonds. The number of hydrogen-bond donors (Lipinski definition) is 2. The largest absolute Gasteiger partial charge is 0.480 e. The zero-order valence-corrected chi connectivity index (χ0v) is 8.35. The molecule has 1 unspecified atom stereocenters. The maximum absolute atomic E-state index is 10.8. The molecular formula is C9H19NO2. The van der Waals surface area contributed by atoms with Gasteiger partial charge in [0.15, 0.2) is 0 Å². The summed E-state index contributed by atoms with van der Waals surface area (Å²) >= 11 is 0. The molecule has 3 heteroatoms. The Bertz CT molecular complexity index is 173.